The van der Waals surface area contributed by atoms with E-state index in [4.69, 9.17) is 4.74 Å². The number of rotatable bonds is 4. The molecule has 0 aliphatic carbocycles. The van der Waals surface area contributed by atoms with E-state index >= 15 is 0 Å². The highest BCUT2D eigenvalue weighted by molar-refractivity contribution is 5.94. The van der Waals surface area contributed by atoms with E-state index in [1.54, 1.807) is 0 Å². The van der Waals surface area contributed by atoms with Crippen molar-refractivity contribution in [3.8, 4) is 0 Å². The van der Waals surface area contributed by atoms with Crippen molar-refractivity contribution < 1.29 is 9.53 Å². The van der Waals surface area contributed by atoms with Crippen LogP contribution in [-0.2, 0) is 11.3 Å². The first kappa shape index (κ1) is 18.0. The van der Waals surface area contributed by atoms with Crippen molar-refractivity contribution in [3.63, 3.8) is 0 Å². The Balaban J connectivity index is 1.41. The zero-order valence-corrected chi connectivity index (χ0v) is 15.9. The molecule has 5 heteroatoms. The summed E-state index contributed by atoms with van der Waals surface area (Å²) in [6, 6.07) is 9.10. The molecule has 1 aromatic rings. The Morgan fingerprint density at radius 1 is 1.15 bits per heavy atom. The van der Waals surface area contributed by atoms with Crippen molar-refractivity contribution in [2.24, 2.45) is 0 Å². The van der Waals surface area contributed by atoms with Crippen LogP contribution >= 0.6 is 0 Å². The van der Waals surface area contributed by atoms with Crippen LogP contribution in [0.3, 0.4) is 0 Å². The smallest absolute Gasteiger partial charge is 0.254 e. The second kappa shape index (κ2) is 8.07. The molecule has 0 spiro atoms. The number of amides is 1. The predicted octanol–water partition coefficient (Wildman–Crippen LogP) is 2.22. The Bertz CT molecular complexity index is 623. The fourth-order valence-electron chi connectivity index (χ4n) is 4.64. The average molecular weight is 357 g/mol. The Hall–Kier alpha value is -1.43. The molecule has 3 aliphatic heterocycles. The molecule has 4 rings (SSSR count). The van der Waals surface area contributed by atoms with Gasteiger partial charge in [-0.05, 0) is 57.0 Å². The van der Waals surface area contributed by atoms with Gasteiger partial charge in [0.05, 0.1) is 13.2 Å². The van der Waals surface area contributed by atoms with E-state index in [0.29, 0.717) is 12.1 Å². The second-order valence-corrected chi connectivity index (χ2v) is 8.03. The predicted molar refractivity (Wildman–Crippen MR) is 102 cm³/mol. The van der Waals surface area contributed by atoms with E-state index in [1.165, 1.54) is 31.5 Å². The standard InChI is InChI=1S/C21H31N3O2/c1-17-13-20(23-7-2-3-8-23)16-24(17)21(25)19-6-4-5-18(14-19)15-22-9-11-26-12-10-22/h4-6,14,17,20H,2-3,7-13,15-16H2,1H3. The molecule has 2 unspecified atom stereocenters. The SMILES string of the molecule is CC1CC(N2CCCC2)CN1C(=O)c1cccc(CN2CCOCC2)c1. The summed E-state index contributed by atoms with van der Waals surface area (Å²) >= 11 is 0. The molecular formula is C21H31N3O2. The molecule has 3 saturated heterocycles. The number of carbonyl (C=O) groups is 1. The van der Waals surface area contributed by atoms with Crippen molar-refractivity contribution in [2.75, 3.05) is 45.9 Å². The zero-order chi connectivity index (χ0) is 17.9. The first-order valence-corrected chi connectivity index (χ1v) is 10.1. The van der Waals surface area contributed by atoms with Gasteiger partial charge in [-0.25, -0.2) is 0 Å². The molecule has 0 bridgehead atoms. The summed E-state index contributed by atoms with van der Waals surface area (Å²) in [6.45, 7) is 9.94. The van der Waals surface area contributed by atoms with Gasteiger partial charge in [0.25, 0.3) is 5.91 Å². The lowest BCUT2D eigenvalue weighted by Crippen LogP contribution is -2.38. The van der Waals surface area contributed by atoms with Crippen LogP contribution in [0.4, 0.5) is 0 Å². The van der Waals surface area contributed by atoms with Crippen LogP contribution < -0.4 is 0 Å². The van der Waals surface area contributed by atoms with Crippen LogP contribution in [0, 0.1) is 0 Å². The van der Waals surface area contributed by atoms with Crippen molar-refractivity contribution in [1.29, 1.82) is 0 Å². The molecular weight excluding hydrogens is 326 g/mol. The largest absolute Gasteiger partial charge is 0.379 e. The Kier molecular flexibility index (Phi) is 5.57. The van der Waals surface area contributed by atoms with Crippen molar-refractivity contribution in [2.45, 2.75) is 44.8 Å². The van der Waals surface area contributed by atoms with Crippen LogP contribution in [0.5, 0.6) is 0 Å². The molecule has 1 aromatic carbocycles. The number of nitrogens with zero attached hydrogens (tertiary/aromatic N) is 3. The topological polar surface area (TPSA) is 36.0 Å². The summed E-state index contributed by atoms with van der Waals surface area (Å²) in [7, 11) is 0. The minimum absolute atomic E-state index is 0.197. The van der Waals surface area contributed by atoms with Gasteiger partial charge in [-0.1, -0.05) is 12.1 Å². The van der Waals surface area contributed by atoms with Crippen LogP contribution in [0.25, 0.3) is 0 Å². The fraction of sp³-hybridized carbons (Fsp3) is 0.667. The van der Waals surface area contributed by atoms with Crippen molar-refractivity contribution >= 4 is 5.91 Å². The number of carbonyl (C=O) groups excluding carboxylic acids is 1. The second-order valence-electron chi connectivity index (χ2n) is 8.03. The monoisotopic (exact) mass is 357 g/mol. The number of hydrogen-bond donors (Lipinski definition) is 0. The van der Waals surface area contributed by atoms with Crippen LogP contribution in [-0.4, -0.2) is 78.6 Å². The lowest BCUT2D eigenvalue weighted by molar-refractivity contribution is 0.0341. The number of ether oxygens (including phenoxy) is 1. The highest BCUT2D eigenvalue weighted by Gasteiger charge is 2.36. The lowest BCUT2D eigenvalue weighted by Gasteiger charge is -2.27. The molecule has 3 heterocycles. The molecule has 2 atom stereocenters. The normalized spacial score (nSPS) is 28.0. The van der Waals surface area contributed by atoms with Crippen LogP contribution in [0.1, 0.15) is 42.1 Å². The third kappa shape index (κ3) is 3.95. The molecule has 3 fully saturated rings. The highest BCUT2D eigenvalue weighted by atomic mass is 16.5. The minimum Gasteiger partial charge on any atom is -0.379 e. The molecule has 0 aromatic heterocycles. The molecule has 0 saturated carbocycles. The van der Waals surface area contributed by atoms with Gasteiger partial charge in [0.1, 0.15) is 0 Å². The van der Waals surface area contributed by atoms with Gasteiger partial charge in [-0.3, -0.25) is 14.6 Å². The summed E-state index contributed by atoms with van der Waals surface area (Å²) in [4.78, 5) is 20.2. The first-order valence-electron chi connectivity index (χ1n) is 10.1. The third-order valence-electron chi connectivity index (χ3n) is 6.15. The summed E-state index contributed by atoms with van der Waals surface area (Å²) in [5.41, 5.74) is 2.06. The van der Waals surface area contributed by atoms with E-state index in [-0.39, 0.29) is 5.91 Å². The maximum atomic E-state index is 13.1. The number of likely N-dealkylation sites (tertiary alicyclic amines) is 2. The van der Waals surface area contributed by atoms with Crippen molar-refractivity contribution in [1.82, 2.24) is 14.7 Å². The summed E-state index contributed by atoms with van der Waals surface area (Å²) < 4.78 is 5.42. The minimum atomic E-state index is 0.197. The Morgan fingerprint density at radius 3 is 2.69 bits per heavy atom. The van der Waals surface area contributed by atoms with Gasteiger partial charge in [-0.2, -0.15) is 0 Å². The quantitative estimate of drug-likeness (QED) is 0.828. The molecule has 26 heavy (non-hydrogen) atoms. The summed E-state index contributed by atoms with van der Waals surface area (Å²) in [5.74, 6) is 0.197. The van der Waals surface area contributed by atoms with Gasteiger partial charge < -0.3 is 9.64 Å². The number of hydrogen-bond acceptors (Lipinski definition) is 4. The Morgan fingerprint density at radius 2 is 1.92 bits per heavy atom. The van der Waals surface area contributed by atoms with E-state index in [2.05, 4.69) is 33.8 Å². The molecule has 142 valence electrons. The summed E-state index contributed by atoms with van der Waals surface area (Å²) in [6.07, 6.45) is 3.73. The van der Waals surface area contributed by atoms with Gasteiger partial charge in [-0.15, -0.1) is 0 Å². The number of morpholine rings is 1. The first-order chi connectivity index (χ1) is 12.7. The molecule has 0 radical (unpaired) electrons. The lowest BCUT2D eigenvalue weighted by atomic mass is 10.1. The fourth-order valence-corrected chi connectivity index (χ4v) is 4.64. The van der Waals surface area contributed by atoms with E-state index in [0.717, 1.165) is 51.4 Å². The maximum Gasteiger partial charge on any atom is 0.254 e. The Labute approximate surface area is 156 Å². The van der Waals surface area contributed by atoms with Crippen LogP contribution in [0.2, 0.25) is 0 Å². The van der Waals surface area contributed by atoms with E-state index < -0.39 is 0 Å². The van der Waals surface area contributed by atoms with E-state index in [9.17, 15) is 4.79 Å². The third-order valence-corrected chi connectivity index (χ3v) is 6.15. The molecule has 3 aliphatic rings. The zero-order valence-electron chi connectivity index (χ0n) is 15.9. The average Bonchev–Trinajstić information content (AvgIpc) is 3.32. The van der Waals surface area contributed by atoms with Crippen molar-refractivity contribution in [3.05, 3.63) is 35.4 Å². The molecule has 1 amide bonds. The molecule has 5 nitrogen and oxygen atoms in total. The highest BCUT2D eigenvalue weighted by Crippen LogP contribution is 2.26. The van der Waals surface area contributed by atoms with Crippen LogP contribution in [0.15, 0.2) is 24.3 Å². The maximum absolute atomic E-state index is 13.1. The van der Waals surface area contributed by atoms with Gasteiger partial charge in [0.2, 0.25) is 0 Å². The summed E-state index contributed by atoms with van der Waals surface area (Å²) in [5, 5.41) is 0. The molecule has 0 N–H and O–H groups in total. The van der Waals surface area contributed by atoms with Gasteiger partial charge in [0.15, 0.2) is 0 Å². The van der Waals surface area contributed by atoms with E-state index in [1.807, 2.05) is 12.1 Å². The number of benzene rings is 1. The van der Waals surface area contributed by atoms with Gasteiger partial charge >= 0.3 is 0 Å². The van der Waals surface area contributed by atoms with Gasteiger partial charge in [0, 0.05) is 43.8 Å².